The van der Waals surface area contributed by atoms with Crippen molar-refractivity contribution in [3.63, 3.8) is 0 Å². The molecule has 2 heterocycles. The summed E-state index contributed by atoms with van der Waals surface area (Å²) in [5.74, 6) is 2.46. The van der Waals surface area contributed by atoms with Gasteiger partial charge in [0.1, 0.15) is 17.1 Å². The number of aryl methyl sites for hydroxylation is 2. The minimum absolute atomic E-state index is 0.0975. The lowest BCUT2D eigenvalue weighted by Crippen LogP contribution is -2.40. The van der Waals surface area contributed by atoms with Gasteiger partial charge in [-0.25, -0.2) is 0 Å². The van der Waals surface area contributed by atoms with Crippen LogP contribution in [0.4, 0.5) is 0 Å². The number of hydrogen-bond acceptors (Lipinski definition) is 6. The first-order valence-corrected chi connectivity index (χ1v) is 7.04. The summed E-state index contributed by atoms with van der Waals surface area (Å²) in [6, 6.07) is 0. The Balaban J connectivity index is 2.29. The number of nitrogens with zero attached hydrogens (tertiary/aromatic N) is 2. The van der Waals surface area contributed by atoms with E-state index in [1.807, 2.05) is 41.5 Å². The van der Waals surface area contributed by atoms with Gasteiger partial charge in [-0.15, -0.1) is 0 Å². The Labute approximate surface area is 124 Å². The summed E-state index contributed by atoms with van der Waals surface area (Å²) in [5.41, 5.74) is 7.27. The fourth-order valence-corrected chi connectivity index (χ4v) is 2.07. The Morgan fingerprint density at radius 3 is 2.43 bits per heavy atom. The Morgan fingerprint density at radius 1 is 1.24 bits per heavy atom. The molecule has 2 N–H and O–H groups in total. The summed E-state index contributed by atoms with van der Waals surface area (Å²) in [6.07, 6.45) is 0.0975. The lowest BCUT2D eigenvalue weighted by molar-refractivity contribution is 0.0410. The van der Waals surface area contributed by atoms with Crippen molar-refractivity contribution >= 4 is 0 Å². The monoisotopic (exact) mass is 293 g/mol. The third-order valence-electron chi connectivity index (χ3n) is 3.43. The van der Waals surface area contributed by atoms with Gasteiger partial charge in [-0.2, -0.15) is 4.98 Å². The molecule has 0 fully saturated rings. The van der Waals surface area contributed by atoms with E-state index >= 15 is 0 Å². The molecule has 1 atom stereocenters. The summed E-state index contributed by atoms with van der Waals surface area (Å²) >= 11 is 0. The summed E-state index contributed by atoms with van der Waals surface area (Å²) < 4.78 is 16.5. The molecule has 2 aromatic rings. The van der Waals surface area contributed by atoms with Crippen LogP contribution in [0.2, 0.25) is 0 Å². The second kappa shape index (κ2) is 5.61. The van der Waals surface area contributed by atoms with Gasteiger partial charge in [0.2, 0.25) is 0 Å². The topological polar surface area (TPSA) is 87.3 Å². The summed E-state index contributed by atoms with van der Waals surface area (Å²) in [7, 11) is 0. The molecule has 0 spiro atoms. The number of ether oxygens (including phenoxy) is 1. The van der Waals surface area contributed by atoms with Crippen LogP contribution in [0.5, 0.6) is 0 Å². The molecule has 2 rings (SSSR count). The molecular weight excluding hydrogens is 270 g/mol. The summed E-state index contributed by atoms with van der Waals surface area (Å²) in [6.45, 7) is 11.8. The minimum Gasteiger partial charge on any atom is -0.466 e. The van der Waals surface area contributed by atoms with E-state index < -0.39 is 5.54 Å². The average Bonchev–Trinajstić information content (AvgIpc) is 2.94. The number of rotatable bonds is 5. The highest BCUT2D eigenvalue weighted by atomic mass is 16.5. The predicted molar refractivity (Wildman–Crippen MR) is 78.8 cm³/mol. The first-order valence-electron chi connectivity index (χ1n) is 7.04. The van der Waals surface area contributed by atoms with Crippen LogP contribution in [0.15, 0.2) is 8.94 Å². The van der Waals surface area contributed by atoms with E-state index in [0.717, 1.165) is 22.6 Å². The molecule has 21 heavy (non-hydrogen) atoms. The maximum absolute atomic E-state index is 6.23. The molecule has 116 valence electrons. The first-order chi connectivity index (χ1) is 9.72. The van der Waals surface area contributed by atoms with Gasteiger partial charge < -0.3 is 19.4 Å². The van der Waals surface area contributed by atoms with Crippen LogP contribution in [-0.2, 0) is 10.3 Å². The van der Waals surface area contributed by atoms with Gasteiger partial charge in [-0.05, 0) is 41.5 Å². The highest BCUT2D eigenvalue weighted by molar-refractivity contribution is 5.61. The van der Waals surface area contributed by atoms with Crippen molar-refractivity contribution in [1.29, 1.82) is 0 Å². The second-order valence-corrected chi connectivity index (χ2v) is 5.91. The van der Waals surface area contributed by atoms with Gasteiger partial charge >= 0.3 is 0 Å². The molecular formula is C15H23N3O3. The molecule has 0 bridgehead atoms. The summed E-state index contributed by atoms with van der Waals surface area (Å²) in [5, 5.41) is 4.00. The molecule has 0 amide bonds. The zero-order chi connectivity index (χ0) is 15.8. The fourth-order valence-electron chi connectivity index (χ4n) is 2.07. The van der Waals surface area contributed by atoms with E-state index in [0.29, 0.717) is 18.3 Å². The molecule has 2 aromatic heterocycles. The van der Waals surface area contributed by atoms with Crippen LogP contribution in [0.1, 0.15) is 43.7 Å². The third kappa shape index (κ3) is 3.16. The second-order valence-electron chi connectivity index (χ2n) is 5.91. The number of nitrogens with two attached hydrogens (primary N) is 1. The lowest BCUT2D eigenvalue weighted by Gasteiger charge is -2.21. The van der Waals surface area contributed by atoms with Crippen molar-refractivity contribution in [1.82, 2.24) is 10.1 Å². The van der Waals surface area contributed by atoms with E-state index in [1.54, 1.807) is 0 Å². The fraction of sp³-hybridized carbons (Fsp3) is 0.600. The molecule has 0 saturated carbocycles. The average molecular weight is 293 g/mol. The number of furan rings is 1. The van der Waals surface area contributed by atoms with Crippen molar-refractivity contribution in [2.75, 3.05) is 6.61 Å². The van der Waals surface area contributed by atoms with Gasteiger partial charge in [0.25, 0.3) is 5.89 Å². The van der Waals surface area contributed by atoms with E-state index in [1.165, 1.54) is 0 Å². The SMILES string of the molecule is Cc1oc(C)c(-c2nc(C(C)(N)COC(C)C)no2)c1C. The molecule has 1 unspecified atom stereocenters. The minimum atomic E-state index is -0.799. The zero-order valence-electron chi connectivity index (χ0n) is 13.5. The largest absolute Gasteiger partial charge is 0.466 e. The molecule has 0 aliphatic heterocycles. The van der Waals surface area contributed by atoms with Crippen molar-refractivity contribution < 1.29 is 13.7 Å². The highest BCUT2D eigenvalue weighted by Crippen LogP contribution is 2.31. The van der Waals surface area contributed by atoms with Crippen LogP contribution in [-0.4, -0.2) is 22.9 Å². The van der Waals surface area contributed by atoms with E-state index in [4.69, 9.17) is 19.4 Å². The molecule has 0 radical (unpaired) electrons. The summed E-state index contributed by atoms with van der Waals surface area (Å²) in [4.78, 5) is 4.42. The standard InChI is InChI=1S/C15H23N3O3/c1-8(2)19-7-15(6,16)14-17-13(21-18-14)12-9(3)10(4)20-11(12)5/h8H,7,16H2,1-6H3. The van der Waals surface area contributed by atoms with Crippen LogP contribution in [0, 0.1) is 20.8 Å². The molecule has 0 saturated heterocycles. The lowest BCUT2D eigenvalue weighted by atomic mass is 10.0. The Hall–Kier alpha value is -1.66. The van der Waals surface area contributed by atoms with Crippen LogP contribution in [0.3, 0.4) is 0 Å². The quantitative estimate of drug-likeness (QED) is 0.912. The predicted octanol–water partition coefficient (Wildman–Crippen LogP) is 2.85. The molecule has 0 aliphatic carbocycles. The van der Waals surface area contributed by atoms with Crippen LogP contribution >= 0.6 is 0 Å². The molecule has 6 nitrogen and oxygen atoms in total. The van der Waals surface area contributed by atoms with Gasteiger partial charge in [-0.3, -0.25) is 0 Å². The van der Waals surface area contributed by atoms with Gasteiger partial charge in [0, 0.05) is 5.56 Å². The Morgan fingerprint density at radius 2 is 1.90 bits per heavy atom. The highest BCUT2D eigenvalue weighted by Gasteiger charge is 2.30. The molecule has 6 heteroatoms. The van der Waals surface area contributed by atoms with Gasteiger partial charge in [0.15, 0.2) is 5.82 Å². The van der Waals surface area contributed by atoms with Crippen LogP contribution < -0.4 is 5.73 Å². The maximum Gasteiger partial charge on any atom is 0.261 e. The number of aromatic nitrogens is 2. The number of hydrogen-bond donors (Lipinski definition) is 1. The Kier molecular flexibility index (Phi) is 4.20. The van der Waals surface area contributed by atoms with Crippen molar-refractivity contribution in [3.8, 4) is 11.5 Å². The van der Waals surface area contributed by atoms with Gasteiger partial charge in [-0.1, -0.05) is 5.16 Å². The molecule has 0 aromatic carbocycles. The maximum atomic E-state index is 6.23. The van der Waals surface area contributed by atoms with E-state index in [-0.39, 0.29) is 6.10 Å². The van der Waals surface area contributed by atoms with E-state index in [2.05, 4.69) is 10.1 Å². The van der Waals surface area contributed by atoms with E-state index in [9.17, 15) is 0 Å². The van der Waals surface area contributed by atoms with Crippen LogP contribution in [0.25, 0.3) is 11.5 Å². The Bertz CT molecular complexity index is 626. The zero-order valence-corrected chi connectivity index (χ0v) is 13.5. The van der Waals surface area contributed by atoms with Gasteiger partial charge in [0.05, 0.1) is 18.3 Å². The van der Waals surface area contributed by atoms with Crippen molar-refractivity contribution in [2.24, 2.45) is 5.73 Å². The third-order valence-corrected chi connectivity index (χ3v) is 3.43. The smallest absolute Gasteiger partial charge is 0.261 e. The molecule has 0 aliphatic rings. The normalized spacial score (nSPS) is 14.7. The first kappa shape index (κ1) is 15.7. The van der Waals surface area contributed by atoms with Crippen molar-refractivity contribution in [2.45, 2.75) is 53.2 Å². The van der Waals surface area contributed by atoms with Crippen molar-refractivity contribution in [3.05, 3.63) is 22.9 Å².